The summed E-state index contributed by atoms with van der Waals surface area (Å²) in [6.07, 6.45) is 2.50. The van der Waals surface area contributed by atoms with Gasteiger partial charge in [-0.3, -0.25) is 0 Å². The topological polar surface area (TPSA) is 124 Å². The molecule has 158 valence electrons. The summed E-state index contributed by atoms with van der Waals surface area (Å²) >= 11 is 0. The zero-order valence-corrected chi connectivity index (χ0v) is 17.2. The molecule has 0 unspecified atom stereocenters. The first kappa shape index (κ1) is 22.7. The average Bonchev–Trinajstić information content (AvgIpc) is 2.52. The highest BCUT2D eigenvalue weighted by atomic mass is 32.3. The summed E-state index contributed by atoms with van der Waals surface area (Å²) in [4.78, 5) is 0. The average molecular weight is 460 g/mol. The highest BCUT2D eigenvalue weighted by Crippen LogP contribution is 2.34. The molecule has 1 aliphatic rings. The molecule has 0 atom stereocenters. The molecule has 1 aromatic carbocycles. The van der Waals surface area contributed by atoms with Gasteiger partial charge in [0.25, 0.3) is 14.3 Å². The number of halogens is 2. The van der Waals surface area contributed by atoms with E-state index in [1.807, 2.05) is 0 Å². The van der Waals surface area contributed by atoms with Crippen molar-refractivity contribution in [2.24, 2.45) is 0 Å². The Kier molecular flexibility index (Phi) is 6.84. The van der Waals surface area contributed by atoms with Crippen LogP contribution in [-0.2, 0) is 30.2 Å². The van der Waals surface area contributed by atoms with Crippen LogP contribution in [0.1, 0.15) is 43.6 Å². The third-order valence-electron chi connectivity index (χ3n) is 4.05. The van der Waals surface area contributed by atoms with E-state index in [0.29, 0.717) is 12.2 Å². The lowest BCUT2D eigenvalue weighted by molar-refractivity contribution is 0.416. The summed E-state index contributed by atoms with van der Waals surface area (Å²) in [6, 6.07) is 5.62. The molecule has 1 saturated carbocycles. The fourth-order valence-electron chi connectivity index (χ4n) is 2.96. The van der Waals surface area contributed by atoms with Gasteiger partial charge < -0.3 is 4.18 Å². The van der Waals surface area contributed by atoms with Crippen molar-refractivity contribution in [1.82, 2.24) is 4.13 Å². The molecule has 8 nitrogen and oxygen atoms in total. The Balaban J connectivity index is 2.29. The van der Waals surface area contributed by atoms with Gasteiger partial charge in [0.05, 0.1) is 6.26 Å². The molecular weight excluding hydrogens is 440 g/mol. The Morgan fingerprint density at radius 1 is 0.964 bits per heavy atom. The minimum atomic E-state index is -5.60. The van der Waals surface area contributed by atoms with E-state index < -0.39 is 40.5 Å². The van der Waals surface area contributed by atoms with Gasteiger partial charge in [-0.25, -0.2) is 16.8 Å². The molecule has 13 heteroatoms. The Morgan fingerprint density at radius 3 is 1.96 bits per heavy atom. The van der Waals surface area contributed by atoms with E-state index in [1.165, 1.54) is 12.1 Å². The second kappa shape index (κ2) is 8.43. The molecule has 0 heterocycles. The second-order valence-electron chi connectivity index (χ2n) is 6.35. The van der Waals surface area contributed by atoms with Crippen molar-refractivity contribution >= 4 is 30.2 Å². The predicted octanol–water partition coefficient (Wildman–Crippen LogP) is 2.39. The summed E-state index contributed by atoms with van der Waals surface area (Å²) in [7, 11) is -15.7. The van der Waals surface area contributed by atoms with Crippen molar-refractivity contribution in [2.45, 2.75) is 38.0 Å². The zero-order chi connectivity index (χ0) is 21.2. The van der Waals surface area contributed by atoms with E-state index in [2.05, 4.69) is 4.18 Å². The maximum Gasteiger partial charge on any atom is 0.357 e. The molecule has 1 fully saturated rings. The molecule has 0 bridgehead atoms. The lowest BCUT2D eigenvalue weighted by Crippen LogP contribution is -2.34. The zero-order valence-electron chi connectivity index (χ0n) is 14.8. The number of rotatable bonds is 7. The smallest absolute Gasteiger partial charge is 0.357 e. The van der Waals surface area contributed by atoms with Crippen LogP contribution in [0.5, 0.6) is 5.75 Å². The maximum atomic E-state index is 13.1. The van der Waals surface area contributed by atoms with Gasteiger partial charge in [0.1, 0.15) is 5.75 Å². The van der Waals surface area contributed by atoms with E-state index >= 15 is 0 Å². The van der Waals surface area contributed by atoms with Gasteiger partial charge in [-0.2, -0.15) is 17.2 Å². The first-order chi connectivity index (χ1) is 12.8. The lowest BCUT2D eigenvalue weighted by atomic mass is 9.84. The SMILES string of the molecule is CS(=O)(=O)NS(=O)(=O)C(=C(F)F)S(=O)(=O)Oc1ccc(C2CCCCC2)cc1. The molecule has 0 amide bonds. The highest BCUT2D eigenvalue weighted by Gasteiger charge is 2.40. The minimum Gasteiger partial charge on any atom is -0.378 e. The molecular formula is C15H19F2NO7S3. The van der Waals surface area contributed by atoms with Gasteiger partial charge in [0, 0.05) is 0 Å². The van der Waals surface area contributed by atoms with Gasteiger partial charge in [-0.15, -0.1) is 4.13 Å². The molecule has 0 aliphatic heterocycles. The van der Waals surface area contributed by atoms with E-state index in [-0.39, 0.29) is 5.75 Å². The third kappa shape index (κ3) is 5.96. The maximum absolute atomic E-state index is 13.1. The number of benzene rings is 1. The number of sulfonamides is 2. The summed E-state index contributed by atoms with van der Waals surface area (Å²) in [6.45, 7) is 0. The van der Waals surface area contributed by atoms with Crippen LogP contribution in [0.25, 0.3) is 0 Å². The van der Waals surface area contributed by atoms with Gasteiger partial charge >= 0.3 is 16.2 Å². The minimum absolute atomic E-state index is 0.303. The normalized spacial score (nSPS) is 16.5. The van der Waals surface area contributed by atoms with Crippen molar-refractivity contribution in [3.63, 3.8) is 0 Å². The van der Waals surface area contributed by atoms with Gasteiger partial charge in [0.15, 0.2) is 0 Å². The molecule has 0 spiro atoms. The van der Waals surface area contributed by atoms with Gasteiger partial charge in [0.2, 0.25) is 10.0 Å². The molecule has 0 radical (unpaired) electrons. The summed E-state index contributed by atoms with van der Waals surface area (Å²) in [5.41, 5.74) is 0.934. The monoisotopic (exact) mass is 459 g/mol. The van der Waals surface area contributed by atoms with Gasteiger partial charge in [-0.05, 0) is 36.5 Å². The quantitative estimate of drug-likeness (QED) is 0.621. The summed E-state index contributed by atoms with van der Waals surface area (Å²) in [5.74, 6) is -0.0784. The van der Waals surface area contributed by atoms with Crippen LogP contribution in [0.4, 0.5) is 8.78 Å². The van der Waals surface area contributed by atoms with Crippen LogP contribution in [0.15, 0.2) is 34.6 Å². The molecule has 0 saturated heterocycles. The van der Waals surface area contributed by atoms with E-state index in [4.69, 9.17) is 0 Å². The summed E-state index contributed by atoms with van der Waals surface area (Å²) < 4.78 is 98.9. The number of nitrogens with one attached hydrogen (secondary N) is 1. The van der Waals surface area contributed by atoms with Crippen LogP contribution in [-0.4, -0.2) is 31.5 Å². The molecule has 1 N–H and O–H groups in total. The van der Waals surface area contributed by atoms with Crippen LogP contribution in [0, 0.1) is 0 Å². The van der Waals surface area contributed by atoms with Crippen molar-refractivity contribution in [3.05, 3.63) is 40.1 Å². The first-order valence-electron chi connectivity index (χ1n) is 8.15. The number of hydrogen-bond donors (Lipinski definition) is 1. The van der Waals surface area contributed by atoms with Crippen LogP contribution in [0.3, 0.4) is 0 Å². The Hall–Kier alpha value is -1.57. The van der Waals surface area contributed by atoms with Gasteiger partial charge in [-0.1, -0.05) is 31.4 Å². The van der Waals surface area contributed by atoms with Crippen molar-refractivity contribution in [1.29, 1.82) is 0 Å². The van der Waals surface area contributed by atoms with Crippen molar-refractivity contribution in [3.8, 4) is 5.75 Å². The molecule has 1 aliphatic carbocycles. The van der Waals surface area contributed by atoms with E-state index in [0.717, 1.165) is 41.8 Å². The van der Waals surface area contributed by atoms with E-state index in [9.17, 15) is 34.0 Å². The Morgan fingerprint density at radius 2 is 1.50 bits per heavy atom. The summed E-state index contributed by atoms with van der Waals surface area (Å²) in [5, 5.41) is 0. The third-order valence-corrected chi connectivity index (χ3v) is 9.07. The number of hydrogen-bond acceptors (Lipinski definition) is 7. The fourth-order valence-corrected chi connectivity index (χ4v) is 7.18. The first-order valence-corrected chi connectivity index (χ1v) is 12.9. The fraction of sp³-hybridized carbons (Fsp3) is 0.467. The Labute approximate surface area is 162 Å². The molecule has 1 aromatic rings. The van der Waals surface area contributed by atoms with Crippen LogP contribution < -0.4 is 8.31 Å². The highest BCUT2D eigenvalue weighted by molar-refractivity contribution is 8.16. The molecule has 0 aromatic heterocycles. The van der Waals surface area contributed by atoms with Crippen molar-refractivity contribution < 1.29 is 38.2 Å². The van der Waals surface area contributed by atoms with Crippen LogP contribution >= 0.6 is 0 Å². The standard InChI is InChI=1S/C15H19F2NO7S3/c1-26(19,20)18-27(21,22)15(14(16)17)28(23,24)25-13-9-7-12(8-10-13)11-5-3-2-4-6-11/h7-11,18H,2-6H2,1H3. The van der Waals surface area contributed by atoms with E-state index in [1.54, 1.807) is 12.1 Å². The molecule has 28 heavy (non-hydrogen) atoms. The largest absolute Gasteiger partial charge is 0.378 e. The lowest BCUT2D eigenvalue weighted by Gasteiger charge is -2.22. The second-order valence-corrected chi connectivity index (χ2v) is 11.7. The predicted molar refractivity (Wildman–Crippen MR) is 98.0 cm³/mol. The Bertz CT molecular complexity index is 1050. The van der Waals surface area contributed by atoms with Crippen LogP contribution in [0.2, 0.25) is 0 Å². The van der Waals surface area contributed by atoms with Crippen molar-refractivity contribution in [2.75, 3.05) is 6.26 Å². The molecule has 2 rings (SSSR count).